The summed E-state index contributed by atoms with van der Waals surface area (Å²) in [6.07, 6.45) is 6.36. The van der Waals surface area contributed by atoms with Gasteiger partial charge in [0.15, 0.2) is 0 Å². The van der Waals surface area contributed by atoms with Crippen LogP contribution in [0.1, 0.15) is 52.9 Å². The van der Waals surface area contributed by atoms with Gasteiger partial charge in [0.1, 0.15) is 0 Å². The molecular formula is C15H32N2O. The van der Waals surface area contributed by atoms with Crippen LogP contribution in [0.3, 0.4) is 0 Å². The zero-order valence-electron chi connectivity index (χ0n) is 12.8. The normalized spacial score (nSPS) is 18.5. The third kappa shape index (κ3) is 7.34. The van der Waals surface area contributed by atoms with Crippen LogP contribution in [-0.4, -0.2) is 49.8 Å². The highest BCUT2D eigenvalue weighted by molar-refractivity contribution is 4.72. The molecule has 3 heteroatoms. The van der Waals surface area contributed by atoms with Crippen molar-refractivity contribution in [2.45, 2.75) is 64.5 Å². The zero-order valence-corrected chi connectivity index (χ0v) is 12.8. The Hall–Kier alpha value is -0.120. The van der Waals surface area contributed by atoms with Gasteiger partial charge in [0.2, 0.25) is 0 Å². The largest absolute Gasteiger partial charge is 0.381 e. The van der Waals surface area contributed by atoms with Gasteiger partial charge in [-0.15, -0.1) is 0 Å². The highest BCUT2D eigenvalue weighted by atomic mass is 16.5. The lowest BCUT2D eigenvalue weighted by atomic mass is 10.1. The van der Waals surface area contributed by atoms with E-state index in [1.165, 1.54) is 38.6 Å². The van der Waals surface area contributed by atoms with Gasteiger partial charge >= 0.3 is 0 Å². The maximum Gasteiger partial charge on any atom is 0.0480 e. The van der Waals surface area contributed by atoms with E-state index in [9.17, 15) is 0 Å². The van der Waals surface area contributed by atoms with Gasteiger partial charge in [-0.05, 0) is 66.6 Å². The fraction of sp³-hybridized carbons (Fsp3) is 1.00. The minimum absolute atomic E-state index is 0.263. The first-order chi connectivity index (χ1) is 8.49. The summed E-state index contributed by atoms with van der Waals surface area (Å²) >= 11 is 0. The van der Waals surface area contributed by atoms with Crippen molar-refractivity contribution in [1.82, 2.24) is 10.2 Å². The SMILES string of the molecule is CN(CCCCCNC(C)(C)C)C1CCOCC1. The molecule has 0 radical (unpaired) electrons. The molecule has 0 bridgehead atoms. The van der Waals surface area contributed by atoms with Crippen molar-refractivity contribution in [3.8, 4) is 0 Å². The molecule has 1 aliphatic rings. The van der Waals surface area contributed by atoms with Crippen molar-refractivity contribution in [2.24, 2.45) is 0 Å². The monoisotopic (exact) mass is 256 g/mol. The molecule has 0 atom stereocenters. The van der Waals surface area contributed by atoms with Crippen LogP contribution in [0.2, 0.25) is 0 Å². The number of hydrogen-bond donors (Lipinski definition) is 1. The highest BCUT2D eigenvalue weighted by Gasteiger charge is 2.17. The topological polar surface area (TPSA) is 24.5 Å². The van der Waals surface area contributed by atoms with Crippen LogP contribution in [0.4, 0.5) is 0 Å². The van der Waals surface area contributed by atoms with Gasteiger partial charge in [-0.3, -0.25) is 0 Å². The highest BCUT2D eigenvalue weighted by Crippen LogP contribution is 2.13. The number of nitrogens with zero attached hydrogens (tertiary/aromatic N) is 1. The molecule has 0 spiro atoms. The Bertz CT molecular complexity index is 207. The van der Waals surface area contributed by atoms with Crippen LogP contribution >= 0.6 is 0 Å². The summed E-state index contributed by atoms with van der Waals surface area (Å²) in [5, 5.41) is 3.54. The van der Waals surface area contributed by atoms with E-state index in [-0.39, 0.29) is 5.54 Å². The summed E-state index contributed by atoms with van der Waals surface area (Å²) in [7, 11) is 2.27. The summed E-state index contributed by atoms with van der Waals surface area (Å²) in [5.74, 6) is 0. The quantitative estimate of drug-likeness (QED) is 0.709. The molecule has 1 fully saturated rings. The Morgan fingerprint density at radius 2 is 1.78 bits per heavy atom. The number of nitrogens with one attached hydrogen (secondary N) is 1. The van der Waals surface area contributed by atoms with Gasteiger partial charge in [-0.1, -0.05) is 6.42 Å². The van der Waals surface area contributed by atoms with E-state index in [0.717, 1.165) is 25.8 Å². The van der Waals surface area contributed by atoms with Crippen LogP contribution in [0.15, 0.2) is 0 Å². The van der Waals surface area contributed by atoms with E-state index in [1.807, 2.05) is 0 Å². The lowest BCUT2D eigenvalue weighted by molar-refractivity contribution is 0.0426. The maximum atomic E-state index is 5.40. The van der Waals surface area contributed by atoms with Crippen LogP contribution < -0.4 is 5.32 Å². The first kappa shape index (κ1) is 15.9. The Labute approximate surface area is 113 Å². The minimum atomic E-state index is 0.263. The summed E-state index contributed by atoms with van der Waals surface area (Å²) in [6.45, 7) is 11.0. The molecule has 0 aromatic carbocycles. The fourth-order valence-electron chi connectivity index (χ4n) is 2.43. The molecule has 0 unspecified atom stereocenters. The molecular weight excluding hydrogens is 224 g/mol. The molecule has 0 aromatic heterocycles. The standard InChI is InChI=1S/C15H32N2O/c1-15(2,3)16-10-6-5-7-11-17(4)14-8-12-18-13-9-14/h14,16H,5-13H2,1-4H3. The third-order valence-electron chi connectivity index (χ3n) is 3.66. The molecule has 1 heterocycles. The van der Waals surface area contributed by atoms with Crippen molar-refractivity contribution < 1.29 is 4.74 Å². The summed E-state index contributed by atoms with van der Waals surface area (Å²) in [4.78, 5) is 2.53. The number of ether oxygens (including phenoxy) is 1. The molecule has 0 aromatic rings. The van der Waals surface area contributed by atoms with Gasteiger partial charge in [-0.25, -0.2) is 0 Å². The maximum absolute atomic E-state index is 5.40. The molecule has 1 saturated heterocycles. The Kier molecular flexibility index (Phi) is 7.20. The van der Waals surface area contributed by atoms with Crippen molar-refractivity contribution in [3.63, 3.8) is 0 Å². The molecule has 0 saturated carbocycles. The smallest absolute Gasteiger partial charge is 0.0480 e. The minimum Gasteiger partial charge on any atom is -0.381 e. The molecule has 0 amide bonds. The van der Waals surface area contributed by atoms with Crippen molar-refractivity contribution in [1.29, 1.82) is 0 Å². The Balaban J connectivity index is 1.96. The zero-order chi connectivity index (χ0) is 13.4. The average Bonchev–Trinajstić information content (AvgIpc) is 2.33. The van der Waals surface area contributed by atoms with Crippen molar-refractivity contribution in [2.75, 3.05) is 33.4 Å². The second kappa shape index (κ2) is 8.13. The lowest BCUT2D eigenvalue weighted by Crippen LogP contribution is -2.37. The van der Waals surface area contributed by atoms with Crippen molar-refractivity contribution in [3.05, 3.63) is 0 Å². The van der Waals surface area contributed by atoms with E-state index in [1.54, 1.807) is 0 Å². The number of rotatable bonds is 7. The van der Waals surface area contributed by atoms with Crippen LogP contribution in [-0.2, 0) is 4.74 Å². The predicted molar refractivity (Wildman–Crippen MR) is 78.1 cm³/mol. The van der Waals surface area contributed by atoms with E-state index >= 15 is 0 Å². The second-order valence-electron chi connectivity index (χ2n) is 6.56. The van der Waals surface area contributed by atoms with Crippen LogP contribution in [0.25, 0.3) is 0 Å². The van der Waals surface area contributed by atoms with Crippen LogP contribution in [0.5, 0.6) is 0 Å². The molecule has 1 aliphatic heterocycles. The van der Waals surface area contributed by atoms with Gasteiger partial charge in [0, 0.05) is 24.8 Å². The number of unbranched alkanes of at least 4 members (excludes halogenated alkanes) is 2. The average molecular weight is 256 g/mol. The van der Waals surface area contributed by atoms with Gasteiger partial charge < -0.3 is 15.0 Å². The molecule has 1 N–H and O–H groups in total. The predicted octanol–water partition coefficient (Wildman–Crippen LogP) is 2.66. The lowest BCUT2D eigenvalue weighted by Gasteiger charge is -2.31. The third-order valence-corrected chi connectivity index (χ3v) is 3.66. The fourth-order valence-corrected chi connectivity index (χ4v) is 2.43. The van der Waals surface area contributed by atoms with E-state index < -0.39 is 0 Å². The number of hydrogen-bond acceptors (Lipinski definition) is 3. The van der Waals surface area contributed by atoms with Gasteiger partial charge in [0.25, 0.3) is 0 Å². The van der Waals surface area contributed by atoms with Crippen LogP contribution in [0, 0.1) is 0 Å². The summed E-state index contributed by atoms with van der Waals surface area (Å²) in [6, 6.07) is 0.756. The Morgan fingerprint density at radius 1 is 1.11 bits per heavy atom. The Morgan fingerprint density at radius 3 is 2.39 bits per heavy atom. The second-order valence-corrected chi connectivity index (χ2v) is 6.56. The molecule has 0 aliphatic carbocycles. The first-order valence-electron chi connectivity index (χ1n) is 7.52. The molecule has 108 valence electrons. The first-order valence-corrected chi connectivity index (χ1v) is 7.52. The molecule has 3 nitrogen and oxygen atoms in total. The van der Waals surface area contributed by atoms with Gasteiger partial charge in [0.05, 0.1) is 0 Å². The molecule has 18 heavy (non-hydrogen) atoms. The van der Waals surface area contributed by atoms with E-state index in [4.69, 9.17) is 4.74 Å². The summed E-state index contributed by atoms with van der Waals surface area (Å²) < 4.78 is 5.40. The van der Waals surface area contributed by atoms with Crippen molar-refractivity contribution >= 4 is 0 Å². The summed E-state index contributed by atoms with van der Waals surface area (Å²) in [5.41, 5.74) is 0.263. The molecule has 1 rings (SSSR count). The van der Waals surface area contributed by atoms with E-state index in [2.05, 4.69) is 38.0 Å². The van der Waals surface area contributed by atoms with E-state index in [0.29, 0.717) is 0 Å². The van der Waals surface area contributed by atoms with Gasteiger partial charge in [-0.2, -0.15) is 0 Å².